The average Bonchev–Trinajstić information content (AvgIpc) is 3.34. The molecule has 0 unspecified atom stereocenters. The molecule has 2 N–H and O–H groups in total. The summed E-state index contributed by atoms with van der Waals surface area (Å²) in [5.74, 6) is -1.27. The number of rotatable bonds is 7. The quantitative estimate of drug-likeness (QED) is 0.394. The summed E-state index contributed by atoms with van der Waals surface area (Å²) in [7, 11) is 3.13. The summed E-state index contributed by atoms with van der Waals surface area (Å²) in [6.45, 7) is 4.70. The lowest BCUT2D eigenvalue weighted by atomic mass is 9.68. The Bertz CT molecular complexity index is 1400. The lowest BCUT2D eigenvalue weighted by Crippen LogP contribution is -2.33. The molecule has 7 nitrogen and oxygen atoms in total. The van der Waals surface area contributed by atoms with Crippen LogP contribution in [0, 0.1) is 11.7 Å². The number of nitrogens with one attached hydrogen (secondary N) is 1. The fourth-order valence-corrected chi connectivity index (χ4v) is 5.37. The molecule has 1 aliphatic carbocycles. The van der Waals surface area contributed by atoms with E-state index >= 15 is 0 Å². The minimum Gasteiger partial charge on any atom is -0.494 e. The van der Waals surface area contributed by atoms with Gasteiger partial charge in [0.15, 0.2) is 11.6 Å². The first kappa shape index (κ1) is 22.4. The molecular weight excluding hydrogens is 437 g/mol. The molecule has 1 saturated carbocycles. The van der Waals surface area contributed by atoms with Crippen LogP contribution < -0.4 is 4.74 Å². The van der Waals surface area contributed by atoms with E-state index in [-0.39, 0.29) is 17.6 Å². The summed E-state index contributed by atoms with van der Waals surface area (Å²) in [6, 6.07) is 9.02. The summed E-state index contributed by atoms with van der Waals surface area (Å²) in [4.78, 5) is 11.6. The van der Waals surface area contributed by atoms with Gasteiger partial charge in [0.2, 0.25) is 0 Å². The van der Waals surface area contributed by atoms with Gasteiger partial charge >= 0.3 is 5.97 Å². The SMILES string of the molecule is COCC(C)(C)c1c([C@H]2C[C@H](C(=O)O)C2)c2cc3[nH]ncc3cc2n1-c1ccc(F)c(OC)c1. The van der Waals surface area contributed by atoms with Crippen molar-refractivity contribution in [3.63, 3.8) is 0 Å². The molecule has 34 heavy (non-hydrogen) atoms. The van der Waals surface area contributed by atoms with Gasteiger partial charge in [-0.05, 0) is 48.6 Å². The van der Waals surface area contributed by atoms with Gasteiger partial charge in [0, 0.05) is 40.7 Å². The molecule has 1 aliphatic rings. The van der Waals surface area contributed by atoms with Crippen molar-refractivity contribution in [1.82, 2.24) is 14.8 Å². The molecule has 0 amide bonds. The molecule has 2 aromatic heterocycles. The van der Waals surface area contributed by atoms with E-state index in [4.69, 9.17) is 9.47 Å². The molecule has 0 radical (unpaired) electrons. The van der Waals surface area contributed by atoms with Gasteiger partial charge in [-0.15, -0.1) is 0 Å². The number of hydrogen-bond donors (Lipinski definition) is 2. The highest BCUT2D eigenvalue weighted by Crippen LogP contribution is 2.50. The third-order valence-electron chi connectivity index (χ3n) is 7.00. The molecule has 0 bridgehead atoms. The van der Waals surface area contributed by atoms with E-state index in [1.165, 1.54) is 13.2 Å². The lowest BCUT2D eigenvalue weighted by Gasteiger charge is -2.36. The molecule has 8 heteroatoms. The summed E-state index contributed by atoms with van der Waals surface area (Å²) in [5, 5.41) is 18.8. The normalized spacial score (nSPS) is 18.4. The zero-order valence-corrected chi connectivity index (χ0v) is 19.7. The summed E-state index contributed by atoms with van der Waals surface area (Å²) in [5.41, 5.74) is 4.38. The molecular formula is C26H28FN3O4. The van der Waals surface area contributed by atoms with E-state index in [0.29, 0.717) is 19.4 Å². The van der Waals surface area contributed by atoms with Crippen LogP contribution in [0.15, 0.2) is 36.5 Å². The van der Waals surface area contributed by atoms with Crippen LogP contribution in [0.25, 0.3) is 27.5 Å². The standard InChI is InChI=1S/C26H28FN3O4/c1-26(2,13-33-3)24-23(14-7-15(8-14)25(31)32)18-11-20-16(12-28-29-20)9-21(18)30(24)17-5-6-19(27)22(10-17)34-4/h5-6,9-12,14-15H,7-8,13H2,1-4H3,(H,28,29)(H,31,32)/t14-,15-. The lowest BCUT2D eigenvalue weighted by molar-refractivity contribution is -0.145. The highest BCUT2D eigenvalue weighted by Gasteiger charge is 2.42. The van der Waals surface area contributed by atoms with Crippen molar-refractivity contribution in [3.8, 4) is 11.4 Å². The molecule has 0 spiro atoms. The highest BCUT2D eigenvalue weighted by molar-refractivity contribution is 5.99. The van der Waals surface area contributed by atoms with Crippen molar-refractivity contribution in [3.05, 3.63) is 53.6 Å². The van der Waals surface area contributed by atoms with Crippen molar-refractivity contribution in [2.45, 2.75) is 38.0 Å². The van der Waals surface area contributed by atoms with Gasteiger partial charge < -0.3 is 19.1 Å². The largest absolute Gasteiger partial charge is 0.494 e. The molecule has 178 valence electrons. The number of hydrogen-bond acceptors (Lipinski definition) is 4. The van der Waals surface area contributed by atoms with E-state index in [2.05, 4.69) is 40.7 Å². The van der Waals surface area contributed by atoms with Crippen molar-refractivity contribution in [1.29, 1.82) is 0 Å². The van der Waals surface area contributed by atoms with Crippen molar-refractivity contribution < 1.29 is 23.8 Å². The number of fused-ring (bicyclic) bond motifs is 2. The maximum absolute atomic E-state index is 14.3. The maximum Gasteiger partial charge on any atom is 0.306 e. The predicted molar refractivity (Wildman–Crippen MR) is 127 cm³/mol. The van der Waals surface area contributed by atoms with Gasteiger partial charge in [0.25, 0.3) is 0 Å². The number of nitrogens with zero attached hydrogens (tertiary/aromatic N) is 2. The zero-order valence-electron chi connectivity index (χ0n) is 19.7. The van der Waals surface area contributed by atoms with E-state index in [1.54, 1.807) is 25.4 Å². The number of ether oxygens (including phenoxy) is 2. The van der Waals surface area contributed by atoms with Gasteiger partial charge in [0.05, 0.1) is 36.9 Å². The molecule has 5 rings (SSSR count). The van der Waals surface area contributed by atoms with E-state index in [0.717, 1.165) is 38.8 Å². The number of H-pyrrole nitrogens is 1. The number of methoxy groups -OCH3 is 2. The first-order chi connectivity index (χ1) is 16.2. The van der Waals surface area contributed by atoms with Gasteiger partial charge in [-0.1, -0.05) is 13.8 Å². The number of halogens is 1. The molecule has 4 aromatic rings. The van der Waals surface area contributed by atoms with Gasteiger partial charge in [-0.3, -0.25) is 9.89 Å². The van der Waals surface area contributed by atoms with Crippen LogP contribution in [0.2, 0.25) is 0 Å². The average molecular weight is 466 g/mol. The predicted octanol–water partition coefficient (Wildman–Crippen LogP) is 5.16. The summed E-state index contributed by atoms with van der Waals surface area (Å²) in [6.07, 6.45) is 2.94. The zero-order chi connectivity index (χ0) is 24.2. The second-order valence-corrected chi connectivity index (χ2v) is 9.76. The number of carboxylic acid groups (broad SMARTS) is 1. The molecule has 2 aromatic carbocycles. The van der Waals surface area contributed by atoms with Gasteiger partial charge in [-0.25, -0.2) is 4.39 Å². The third-order valence-corrected chi connectivity index (χ3v) is 7.00. The number of carbonyl (C=O) groups is 1. The molecule has 0 atom stereocenters. The van der Waals surface area contributed by atoms with Crippen molar-refractivity contribution in [2.24, 2.45) is 5.92 Å². The fourth-order valence-electron chi connectivity index (χ4n) is 5.37. The van der Waals surface area contributed by atoms with Gasteiger partial charge in [-0.2, -0.15) is 5.10 Å². The summed E-state index contributed by atoms with van der Waals surface area (Å²) >= 11 is 0. The first-order valence-corrected chi connectivity index (χ1v) is 11.3. The van der Waals surface area contributed by atoms with Gasteiger partial charge in [0.1, 0.15) is 0 Å². The van der Waals surface area contributed by atoms with Crippen LogP contribution in [-0.4, -0.2) is 46.7 Å². The monoisotopic (exact) mass is 465 g/mol. The van der Waals surface area contributed by atoms with Crippen LogP contribution in [0.5, 0.6) is 5.75 Å². The number of aromatic amines is 1. The molecule has 0 saturated heterocycles. The van der Waals surface area contributed by atoms with Crippen LogP contribution in [-0.2, 0) is 14.9 Å². The first-order valence-electron chi connectivity index (χ1n) is 11.3. The Kier molecular flexibility index (Phi) is 5.36. The Balaban J connectivity index is 1.86. The molecule has 2 heterocycles. The minimum atomic E-state index is -0.753. The molecule has 0 aliphatic heterocycles. The Morgan fingerprint density at radius 2 is 2.03 bits per heavy atom. The number of aromatic nitrogens is 3. The second kappa shape index (κ2) is 8.13. The Morgan fingerprint density at radius 1 is 1.26 bits per heavy atom. The highest BCUT2D eigenvalue weighted by atomic mass is 19.1. The summed E-state index contributed by atoms with van der Waals surface area (Å²) < 4.78 is 27.4. The van der Waals surface area contributed by atoms with Crippen molar-refractivity contribution >= 4 is 27.8 Å². The van der Waals surface area contributed by atoms with E-state index in [1.807, 2.05) is 0 Å². The van der Waals surface area contributed by atoms with E-state index < -0.39 is 17.2 Å². The second-order valence-electron chi connectivity index (χ2n) is 9.76. The Labute approximate surface area is 196 Å². The Hall–Kier alpha value is -3.39. The smallest absolute Gasteiger partial charge is 0.306 e. The number of benzene rings is 2. The number of carboxylic acids is 1. The molecule has 1 fully saturated rings. The van der Waals surface area contributed by atoms with Crippen LogP contribution in [0.4, 0.5) is 4.39 Å². The maximum atomic E-state index is 14.3. The third kappa shape index (κ3) is 3.44. The van der Waals surface area contributed by atoms with E-state index in [9.17, 15) is 14.3 Å². The fraction of sp³-hybridized carbons (Fsp3) is 0.385. The van der Waals surface area contributed by atoms with Crippen LogP contribution in [0.3, 0.4) is 0 Å². The van der Waals surface area contributed by atoms with Crippen LogP contribution >= 0.6 is 0 Å². The minimum absolute atomic E-state index is 0.0960. The van der Waals surface area contributed by atoms with Crippen LogP contribution in [0.1, 0.15) is 43.9 Å². The number of aliphatic carboxylic acids is 1. The Morgan fingerprint density at radius 3 is 2.71 bits per heavy atom. The van der Waals surface area contributed by atoms with Crippen molar-refractivity contribution in [2.75, 3.05) is 20.8 Å². The topological polar surface area (TPSA) is 89.4 Å².